The van der Waals surface area contributed by atoms with Crippen LogP contribution in [-0.2, 0) is 4.79 Å². The maximum Gasteiger partial charge on any atom is 0.191 e. The Hall–Kier alpha value is -0.890. The summed E-state index contributed by atoms with van der Waals surface area (Å²) in [6, 6.07) is 0. The molecule has 0 amide bonds. The van der Waals surface area contributed by atoms with Gasteiger partial charge in [-0.25, -0.2) is 0 Å². The highest BCUT2D eigenvalue weighted by atomic mass is 16.3. The lowest BCUT2D eigenvalue weighted by atomic mass is 9.91. The average molecular weight is 137 g/mol. The molecular formula is C8H9O2. The number of allylic oxidation sites excluding steroid dienone is 2. The van der Waals surface area contributed by atoms with E-state index in [0.717, 1.165) is 0 Å². The summed E-state index contributed by atoms with van der Waals surface area (Å²) >= 11 is 0. The molecule has 1 rings (SSSR count). The van der Waals surface area contributed by atoms with E-state index in [1.54, 1.807) is 19.1 Å². The van der Waals surface area contributed by atoms with Crippen LogP contribution in [0.15, 0.2) is 18.2 Å². The van der Waals surface area contributed by atoms with Crippen molar-refractivity contribution >= 4 is 5.78 Å². The Morgan fingerprint density at radius 1 is 1.80 bits per heavy atom. The predicted octanol–water partition coefficient (Wildman–Crippen LogP) is 0.626. The molecule has 0 heterocycles. The predicted molar refractivity (Wildman–Crippen MR) is 37.2 cm³/mol. The topological polar surface area (TPSA) is 37.3 Å². The van der Waals surface area contributed by atoms with Crippen LogP contribution < -0.4 is 0 Å². The molecule has 1 N–H and O–H groups in total. The molecule has 0 spiro atoms. The van der Waals surface area contributed by atoms with Gasteiger partial charge < -0.3 is 5.11 Å². The number of carbonyl (C=O) groups excluding carboxylic acids is 1. The molecule has 1 radical (unpaired) electrons. The molecule has 1 unspecified atom stereocenters. The van der Waals surface area contributed by atoms with E-state index in [4.69, 9.17) is 0 Å². The molecule has 1 aliphatic rings. The van der Waals surface area contributed by atoms with Gasteiger partial charge >= 0.3 is 0 Å². The maximum absolute atomic E-state index is 10.9. The van der Waals surface area contributed by atoms with E-state index in [1.165, 1.54) is 6.08 Å². The molecule has 1 aliphatic carbocycles. The van der Waals surface area contributed by atoms with Crippen LogP contribution in [0.4, 0.5) is 0 Å². The summed E-state index contributed by atoms with van der Waals surface area (Å²) in [7, 11) is 0. The van der Waals surface area contributed by atoms with E-state index in [9.17, 15) is 9.90 Å². The lowest BCUT2D eigenvalue weighted by Crippen LogP contribution is -2.35. The zero-order chi connectivity index (χ0) is 7.61. The molecule has 2 heteroatoms. The van der Waals surface area contributed by atoms with Gasteiger partial charge in [0.2, 0.25) is 0 Å². The summed E-state index contributed by atoms with van der Waals surface area (Å²) < 4.78 is 0. The van der Waals surface area contributed by atoms with Crippen LogP contribution in [0.25, 0.3) is 0 Å². The highest BCUT2D eigenvalue weighted by Gasteiger charge is 2.30. The van der Waals surface area contributed by atoms with Crippen LogP contribution in [0.5, 0.6) is 0 Å². The van der Waals surface area contributed by atoms with Crippen LogP contribution in [0.2, 0.25) is 0 Å². The molecule has 0 saturated heterocycles. The van der Waals surface area contributed by atoms with E-state index < -0.39 is 5.60 Å². The number of hydrogen-bond acceptors (Lipinski definition) is 2. The zero-order valence-corrected chi connectivity index (χ0v) is 5.79. The molecule has 53 valence electrons. The second-order valence-electron chi connectivity index (χ2n) is 2.25. The second-order valence-corrected chi connectivity index (χ2v) is 2.25. The van der Waals surface area contributed by atoms with E-state index in [0.29, 0.717) is 6.42 Å². The van der Waals surface area contributed by atoms with Gasteiger partial charge in [0.05, 0.1) is 0 Å². The monoisotopic (exact) mass is 137 g/mol. The highest BCUT2D eigenvalue weighted by Crippen LogP contribution is 2.16. The van der Waals surface area contributed by atoms with Crippen molar-refractivity contribution in [1.82, 2.24) is 0 Å². The van der Waals surface area contributed by atoms with Crippen LogP contribution in [0.1, 0.15) is 13.3 Å². The molecule has 0 saturated carbocycles. The van der Waals surface area contributed by atoms with Crippen molar-refractivity contribution in [3.8, 4) is 0 Å². The Balaban J connectivity index is 2.88. The summed E-state index contributed by atoms with van der Waals surface area (Å²) in [5.74, 6) is -0.280. The number of carbonyl (C=O) groups is 1. The highest BCUT2D eigenvalue weighted by molar-refractivity contribution is 5.98. The van der Waals surface area contributed by atoms with Crippen LogP contribution >= 0.6 is 0 Å². The molecule has 10 heavy (non-hydrogen) atoms. The van der Waals surface area contributed by atoms with Gasteiger partial charge in [-0.15, -0.1) is 0 Å². The van der Waals surface area contributed by atoms with Crippen molar-refractivity contribution in [3.63, 3.8) is 0 Å². The Labute approximate surface area is 59.9 Å². The van der Waals surface area contributed by atoms with Crippen molar-refractivity contribution in [2.24, 2.45) is 0 Å². The van der Waals surface area contributed by atoms with Gasteiger partial charge in [-0.2, -0.15) is 0 Å². The Bertz CT molecular complexity index is 203. The van der Waals surface area contributed by atoms with Gasteiger partial charge in [0.1, 0.15) is 0 Å². The minimum absolute atomic E-state index is 0.280. The quantitative estimate of drug-likeness (QED) is 0.575. The molecule has 0 aromatic heterocycles. The van der Waals surface area contributed by atoms with E-state index >= 15 is 0 Å². The SMILES string of the molecule is CCC1(O)[C]=CC=CC1=O. The minimum atomic E-state index is -1.35. The Morgan fingerprint density at radius 2 is 2.50 bits per heavy atom. The van der Waals surface area contributed by atoms with Gasteiger partial charge in [0.25, 0.3) is 0 Å². The van der Waals surface area contributed by atoms with Gasteiger partial charge in [0.15, 0.2) is 11.4 Å². The number of aliphatic hydroxyl groups is 1. The fraction of sp³-hybridized carbons (Fsp3) is 0.375. The standard InChI is InChI=1S/C8H9O2/c1-2-8(10)6-4-3-5-7(8)9/h3-5,10H,2H2,1H3. The molecule has 0 fully saturated rings. The first-order valence-electron chi connectivity index (χ1n) is 3.23. The first-order valence-corrected chi connectivity index (χ1v) is 3.23. The summed E-state index contributed by atoms with van der Waals surface area (Å²) in [6.45, 7) is 1.75. The van der Waals surface area contributed by atoms with Crippen molar-refractivity contribution in [2.45, 2.75) is 18.9 Å². The van der Waals surface area contributed by atoms with Crippen molar-refractivity contribution in [3.05, 3.63) is 24.3 Å². The molecule has 0 aromatic rings. The second kappa shape index (κ2) is 2.39. The molecule has 2 nitrogen and oxygen atoms in total. The van der Waals surface area contributed by atoms with Gasteiger partial charge in [0, 0.05) is 0 Å². The van der Waals surface area contributed by atoms with Gasteiger partial charge in [-0.3, -0.25) is 4.79 Å². The van der Waals surface area contributed by atoms with Crippen LogP contribution in [0, 0.1) is 6.08 Å². The normalized spacial score (nSPS) is 31.2. The lowest BCUT2D eigenvalue weighted by molar-refractivity contribution is -0.128. The van der Waals surface area contributed by atoms with E-state index in [-0.39, 0.29) is 5.78 Å². The fourth-order valence-electron chi connectivity index (χ4n) is 0.807. The van der Waals surface area contributed by atoms with Gasteiger partial charge in [-0.1, -0.05) is 19.1 Å². The molecule has 1 atom stereocenters. The molecular weight excluding hydrogens is 128 g/mol. The summed E-state index contributed by atoms with van der Waals surface area (Å²) in [5, 5.41) is 9.41. The number of hydrogen-bond donors (Lipinski definition) is 1. The number of rotatable bonds is 1. The van der Waals surface area contributed by atoms with Crippen molar-refractivity contribution in [2.75, 3.05) is 0 Å². The van der Waals surface area contributed by atoms with Crippen molar-refractivity contribution < 1.29 is 9.90 Å². The largest absolute Gasteiger partial charge is 0.377 e. The summed E-state index contributed by atoms with van der Waals surface area (Å²) in [6.07, 6.45) is 7.47. The minimum Gasteiger partial charge on any atom is -0.377 e. The summed E-state index contributed by atoms with van der Waals surface area (Å²) in [4.78, 5) is 10.9. The van der Waals surface area contributed by atoms with E-state index in [1.807, 2.05) is 0 Å². The third kappa shape index (κ3) is 1.02. The smallest absolute Gasteiger partial charge is 0.191 e. The van der Waals surface area contributed by atoms with E-state index in [2.05, 4.69) is 6.08 Å². The Kier molecular flexibility index (Phi) is 1.72. The number of ketones is 1. The van der Waals surface area contributed by atoms with Crippen LogP contribution in [-0.4, -0.2) is 16.5 Å². The molecule has 0 bridgehead atoms. The van der Waals surface area contributed by atoms with Crippen molar-refractivity contribution in [1.29, 1.82) is 0 Å². The lowest BCUT2D eigenvalue weighted by Gasteiger charge is -2.19. The van der Waals surface area contributed by atoms with Crippen LogP contribution in [0.3, 0.4) is 0 Å². The molecule has 0 aromatic carbocycles. The third-order valence-electron chi connectivity index (χ3n) is 1.59. The molecule has 0 aliphatic heterocycles. The fourth-order valence-corrected chi connectivity index (χ4v) is 0.807. The van der Waals surface area contributed by atoms with Gasteiger partial charge in [-0.05, 0) is 18.6 Å². The summed E-state index contributed by atoms with van der Waals surface area (Å²) in [5.41, 5.74) is -1.35. The first-order chi connectivity index (χ1) is 4.69. The first kappa shape index (κ1) is 7.22. The Morgan fingerprint density at radius 3 is 2.90 bits per heavy atom. The maximum atomic E-state index is 10.9. The third-order valence-corrected chi connectivity index (χ3v) is 1.59. The zero-order valence-electron chi connectivity index (χ0n) is 5.79. The average Bonchev–Trinajstić information content (AvgIpc) is 1.96.